The molecule has 17 heavy (non-hydrogen) atoms. The standard InChI is InChI=1S/C10H5F3N2OS/c11-10(12,13)7-3-1-6(2-4-7)9(16)8-5-14-15-17-8/h1-5H. The molecule has 1 heterocycles. The molecule has 0 unspecified atom stereocenters. The van der Waals surface area contributed by atoms with Crippen LogP contribution in [0, 0.1) is 0 Å². The monoisotopic (exact) mass is 258 g/mol. The number of rotatable bonds is 2. The molecule has 1 aromatic heterocycles. The number of carbonyl (C=O) groups is 1. The van der Waals surface area contributed by atoms with E-state index in [2.05, 4.69) is 9.59 Å². The van der Waals surface area contributed by atoms with E-state index in [1.54, 1.807) is 0 Å². The molecule has 1 aromatic carbocycles. The average Bonchev–Trinajstić information content (AvgIpc) is 2.80. The van der Waals surface area contributed by atoms with Gasteiger partial charge >= 0.3 is 6.18 Å². The number of benzene rings is 1. The maximum Gasteiger partial charge on any atom is 0.416 e. The minimum absolute atomic E-state index is 0.184. The SMILES string of the molecule is O=C(c1ccc(C(F)(F)F)cc1)c1cnns1. The second-order valence-corrected chi connectivity index (χ2v) is 3.97. The van der Waals surface area contributed by atoms with Gasteiger partial charge in [-0.1, -0.05) is 16.6 Å². The van der Waals surface area contributed by atoms with E-state index in [4.69, 9.17) is 0 Å². The van der Waals surface area contributed by atoms with E-state index in [0.29, 0.717) is 4.88 Å². The molecule has 0 saturated heterocycles. The predicted molar refractivity (Wildman–Crippen MR) is 54.8 cm³/mol. The third kappa shape index (κ3) is 2.50. The molecule has 0 atom stereocenters. The number of hydrogen-bond donors (Lipinski definition) is 0. The van der Waals surface area contributed by atoms with Gasteiger partial charge < -0.3 is 0 Å². The smallest absolute Gasteiger partial charge is 0.288 e. The van der Waals surface area contributed by atoms with Gasteiger partial charge in [0, 0.05) is 5.56 Å². The van der Waals surface area contributed by atoms with Gasteiger partial charge in [0.1, 0.15) is 4.88 Å². The van der Waals surface area contributed by atoms with Crippen molar-refractivity contribution in [2.45, 2.75) is 6.18 Å². The molecule has 0 N–H and O–H groups in total. The largest absolute Gasteiger partial charge is 0.416 e. The molecule has 0 saturated carbocycles. The average molecular weight is 258 g/mol. The van der Waals surface area contributed by atoms with Crippen molar-refractivity contribution in [3.05, 3.63) is 46.5 Å². The Balaban J connectivity index is 2.28. The van der Waals surface area contributed by atoms with Crippen LogP contribution in [0.4, 0.5) is 13.2 Å². The molecular formula is C10H5F3N2OS. The van der Waals surface area contributed by atoms with Crippen molar-refractivity contribution in [1.29, 1.82) is 0 Å². The zero-order valence-electron chi connectivity index (χ0n) is 8.23. The Morgan fingerprint density at radius 2 is 1.82 bits per heavy atom. The minimum atomic E-state index is -4.40. The molecule has 0 bridgehead atoms. The molecule has 88 valence electrons. The Kier molecular flexibility index (Phi) is 2.93. The topological polar surface area (TPSA) is 42.9 Å². The summed E-state index contributed by atoms with van der Waals surface area (Å²) in [5, 5.41) is 3.49. The van der Waals surface area contributed by atoms with Gasteiger partial charge in [0.05, 0.1) is 11.8 Å². The minimum Gasteiger partial charge on any atom is -0.288 e. The number of ketones is 1. The van der Waals surface area contributed by atoms with Gasteiger partial charge in [0.15, 0.2) is 0 Å². The predicted octanol–water partition coefficient (Wildman–Crippen LogP) is 2.79. The molecular weight excluding hydrogens is 253 g/mol. The van der Waals surface area contributed by atoms with Gasteiger partial charge in [-0.15, -0.1) is 5.10 Å². The lowest BCUT2D eigenvalue weighted by Gasteiger charge is -2.06. The first-order valence-corrected chi connectivity index (χ1v) is 5.25. The van der Waals surface area contributed by atoms with Crippen molar-refractivity contribution in [2.24, 2.45) is 0 Å². The van der Waals surface area contributed by atoms with Gasteiger partial charge in [-0.2, -0.15) is 13.2 Å². The van der Waals surface area contributed by atoms with Crippen molar-refractivity contribution in [3.8, 4) is 0 Å². The van der Waals surface area contributed by atoms with E-state index >= 15 is 0 Å². The zero-order chi connectivity index (χ0) is 12.5. The molecule has 7 heteroatoms. The molecule has 0 aliphatic heterocycles. The molecule has 0 aliphatic carbocycles. The van der Waals surface area contributed by atoms with Crippen molar-refractivity contribution in [1.82, 2.24) is 9.59 Å². The second kappa shape index (κ2) is 4.25. The summed E-state index contributed by atoms with van der Waals surface area (Å²) in [7, 11) is 0. The first-order chi connectivity index (χ1) is 7.98. The number of aromatic nitrogens is 2. The van der Waals surface area contributed by atoms with E-state index in [1.807, 2.05) is 0 Å². The first kappa shape index (κ1) is 11.7. The van der Waals surface area contributed by atoms with Crippen LogP contribution < -0.4 is 0 Å². The Morgan fingerprint density at radius 1 is 1.18 bits per heavy atom. The highest BCUT2D eigenvalue weighted by molar-refractivity contribution is 7.08. The number of hydrogen-bond acceptors (Lipinski definition) is 4. The molecule has 0 radical (unpaired) electrons. The van der Waals surface area contributed by atoms with Crippen LogP contribution in [0.1, 0.15) is 20.8 Å². The van der Waals surface area contributed by atoms with Crippen LogP contribution >= 0.6 is 11.5 Å². The fourth-order valence-corrected chi connectivity index (χ4v) is 1.70. The summed E-state index contributed by atoms with van der Waals surface area (Å²) in [4.78, 5) is 12.0. The van der Waals surface area contributed by atoms with E-state index in [9.17, 15) is 18.0 Å². The summed E-state index contributed by atoms with van der Waals surface area (Å²) in [5.74, 6) is -0.381. The third-order valence-electron chi connectivity index (χ3n) is 2.06. The fraction of sp³-hybridized carbons (Fsp3) is 0.100. The van der Waals surface area contributed by atoms with E-state index < -0.39 is 11.7 Å². The van der Waals surface area contributed by atoms with Gasteiger partial charge in [-0.25, -0.2) is 0 Å². The molecule has 2 aromatic rings. The van der Waals surface area contributed by atoms with Gasteiger partial charge in [-0.3, -0.25) is 4.79 Å². The van der Waals surface area contributed by atoms with E-state index in [0.717, 1.165) is 35.8 Å². The number of nitrogens with zero attached hydrogens (tertiary/aromatic N) is 2. The molecule has 0 amide bonds. The summed E-state index contributed by atoms with van der Waals surface area (Å²) in [6.07, 6.45) is -3.11. The lowest BCUT2D eigenvalue weighted by molar-refractivity contribution is -0.137. The van der Waals surface area contributed by atoms with Crippen LogP contribution in [-0.4, -0.2) is 15.4 Å². The second-order valence-electron chi connectivity index (χ2n) is 3.19. The zero-order valence-corrected chi connectivity index (χ0v) is 9.05. The quantitative estimate of drug-likeness (QED) is 0.778. The van der Waals surface area contributed by atoms with Crippen molar-refractivity contribution < 1.29 is 18.0 Å². The summed E-state index contributed by atoms with van der Waals surface area (Å²) in [5.41, 5.74) is -0.597. The normalized spacial score (nSPS) is 11.5. The highest BCUT2D eigenvalue weighted by Gasteiger charge is 2.30. The Hall–Kier alpha value is -1.76. The molecule has 0 spiro atoms. The van der Waals surface area contributed by atoms with E-state index in [1.165, 1.54) is 6.20 Å². The number of alkyl halides is 3. The van der Waals surface area contributed by atoms with Crippen LogP contribution in [0.2, 0.25) is 0 Å². The van der Waals surface area contributed by atoms with Crippen molar-refractivity contribution >= 4 is 17.3 Å². The molecule has 2 rings (SSSR count). The lowest BCUT2D eigenvalue weighted by atomic mass is 10.1. The number of halogens is 3. The maximum atomic E-state index is 12.3. The summed E-state index contributed by atoms with van der Waals surface area (Å²) < 4.78 is 40.4. The van der Waals surface area contributed by atoms with Crippen LogP contribution in [0.25, 0.3) is 0 Å². The lowest BCUT2D eigenvalue weighted by Crippen LogP contribution is -2.06. The molecule has 0 fully saturated rings. The maximum absolute atomic E-state index is 12.3. The van der Waals surface area contributed by atoms with Gasteiger partial charge in [0.25, 0.3) is 0 Å². The molecule has 0 aliphatic rings. The summed E-state index contributed by atoms with van der Waals surface area (Å²) >= 11 is 0.903. The van der Waals surface area contributed by atoms with E-state index in [-0.39, 0.29) is 11.3 Å². The van der Waals surface area contributed by atoms with Gasteiger partial charge in [0.2, 0.25) is 5.78 Å². The highest BCUT2D eigenvalue weighted by Crippen LogP contribution is 2.29. The first-order valence-electron chi connectivity index (χ1n) is 4.48. The van der Waals surface area contributed by atoms with Crippen molar-refractivity contribution in [2.75, 3.05) is 0 Å². The summed E-state index contributed by atoms with van der Waals surface area (Å²) in [6, 6.07) is 4.04. The van der Waals surface area contributed by atoms with Crippen LogP contribution in [0.3, 0.4) is 0 Å². The summed E-state index contributed by atoms with van der Waals surface area (Å²) in [6.45, 7) is 0. The van der Waals surface area contributed by atoms with Crippen LogP contribution in [0.5, 0.6) is 0 Å². The fourth-order valence-electron chi connectivity index (χ4n) is 1.22. The van der Waals surface area contributed by atoms with Crippen LogP contribution in [-0.2, 0) is 6.18 Å². The molecule has 3 nitrogen and oxygen atoms in total. The highest BCUT2D eigenvalue weighted by atomic mass is 32.1. The van der Waals surface area contributed by atoms with Gasteiger partial charge in [-0.05, 0) is 23.7 Å². The van der Waals surface area contributed by atoms with Crippen LogP contribution in [0.15, 0.2) is 30.5 Å². The Bertz CT molecular complexity index is 519. The van der Waals surface area contributed by atoms with Crippen molar-refractivity contribution in [3.63, 3.8) is 0 Å². The Morgan fingerprint density at radius 3 is 2.29 bits per heavy atom. The third-order valence-corrected chi connectivity index (χ3v) is 2.72. The number of carbonyl (C=O) groups excluding carboxylic acids is 1. The Labute approximate surface area is 98.1 Å².